The van der Waals surface area contributed by atoms with Gasteiger partial charge in [-0.1, -0.05) is 6.07 Å². The van der Waals surface area contributed by atoms with Crippen molar-refractivity contribution < 1.29 is 19.1 Å². The molecule has 0 heterocycles. The number of aliphatic carboxylic acids is 1. The van der Waals surface area contributed by atoms with Crippen LogP contribution >= 0.6 is 0 Å². The lowest BCUT2D eigenvalue weighted by Crippen LogP contribution is -2.37. The predicted molar refractivity (Wildman–Crippen MR) is 70.5 cm³/mol. The Labute approximate surface area is 116 Å². The summed E-state index contributed by atoms with van der Waals surface area (Å²) in [6.07, 6.45) is 2.62. The van der Waals surface area contributed by atoms with Gasteiger partial charge in [0.25, 0.3) is 0 Å². The first-order valence-electron chi connectivity index (χ1n) is 6.85. The monoisotopic (exact) mass is 277 g/mol. The smallest absolute Gasteiger partial charge is 0.307 e. The fraction of sp³-hybridized carbons (Fsp3) is 0.467. The van der Waals surface area contributed by atoms with E-state index < -0.39 is 23.6 Å². The summed E-state index contributed by atoms with van der Waals surface area (Å²) in [5.41, 5.74) is 0.377. The van der Waals surface area contributed by atoms with Crippen LogP contribution in [-0.2, 0) is 9.59 Å². The van der Waals surface area contributed by atoms with Gasteiger partial charge in [-0.15, -0.1) is 0 Å². The Kier molecular flexibility index (Phi) is 3.20. The second kappa shape index (κ2) is 4.89. The summed E-state index contributed by atoms with van der Waals surface area (Å²) >= 11 is 0. The van der Waals surface area contributed by atoms with Crippen LogP contribution in [0.1, 0.15) is 19.3 Å². The maximum Gasteiger partial charge on any atom is 0.307 e. The molecule has 0 saturated heterocycles. The molecule has 2 bridgehead atoms. The van der Waals surface area contributed by atoms with E-state index in [1.54, 1.807) is 6.07 Å². The van der Waals surface area contributed by atoms with E-state index in [1.165, 1.54) is 18.2 Å². The number of hydrogen-bond donors (Lipinski definition) is 2. The molecule has 1 aromatic carbocycles. The van der Waals surface area contributed by atoms with Crippen molar-refractivity contribution in [3.63, 3.8) is 0 Å². The van der Waals surface area contributed by atoms with Gasteiger partial charge < -0.3 is 10.4 Å². The van der Waals surface area contributed by atoms with Crippen LogP contribution < -0.4 is 5.32 Å². The lowest BCUT2D eigenvalue weighted by Gasteiger charge is -2.27. The third-order valence-electron chi connectivity index (χ3n) is 4.60. The Balaban J connectivity index is 1.78. The van der Waals surface area contributed by atoms with Gasteiger partial charge in [-0.05, 0) is 49.3 Å². The number of halogens is 1. The lowest BCUT2D eigenvalue weighted by atomic mass is 9.78. The second-order valence-electron chi connectivity index (χ2n) is 5.72. The average Bonchev–Trinajstić information content (AvgIpc) is 2.98. The molecule has 4 nitrogen and oxygen atoms in total. The third-order valence-corrected chi connectivity index (χ3v) is 4.60. The number of amides is 1. The van der Waals surface area contributed by atoms with Gasteiger partial charge in [0.1, 0.15) is 5.82 Å². The number of anilines is 1. The highest BCUT2D eigenvalue weighted by molar-refractivity contribution is 5.96. The minimum atomic E-state index is -0.892. The largest absolute Gasteiger partial charge is 0.481 e. The molecule has 2 N–H and O–H groups in total. The van der Waals surface area contributed by atoms with Crippen LogP contribution in [-0.4, -0.2) is 17.0 Å². The molecule has 2 fully saturated rings. The first kappa shape index (κ1) is 13.1. The fourth-order valence-corrected chi connectivity index (χ4v) is 3.82. The normalized spacial score (nSPS) is 31.2. The van der Waals surface area contributed by atoms with Crippen LogP contribution in [0.5, 0.6) is 0 Å². The first-order chi connectivity index (χ1) is 9.56. The SMILES string of the molecule is O=C(O)[C@H]1[C@H]2CC[C@H](C2)[C@@H]1C(=O)Nc1cccc(F)c1. The van der Waals surface area contributed by atoms with Crippen LogP contribution in [0.3, 0.4) is 0 Å². The van der Waals surface area contributed by atoms with Crippen molar-refractivity contribution in [2.24, 2.45) is 23.7 Å². The summed E-state index contributed by atoms with van der Waals surface area (Å²) in [6.45, 7) is 0. The number of carboxylic acids is 1. The Bertz CT molecular complexity index is 560. The molecule has 1 aromatic rings. The first-order valence-corrected chi connectivity index (χ1v) is 6.85. The van der Waals surface area contributed by atoms with Gasteiger partial charge in [-0.2, -0.15) is 0 Å². The van der Waals surface area contributed by atoms with E-state index >= 15 is 0 Å². The molecular weight excluding hydrogens is 261 g/mol. The van der Waals surface area contributed by atoms with E-state index in [4.69, 9.17) is 0 Å². The molecule has 0 unspecified atom stereocenters. The van der Waals surface area contributed by atoms with Gasteiger partial charge in [0.05, 0.1) is 11.8 Å². The Morgan fingerprint density at radius 3 is 2.55 bits per heavy atom. The average molecular weight is 277 g/mol. The zero-order chi connectivity index (χ0) is 14.3. The second-order valence-corrected chi connectivity index (χ2v) is 5.72. The van der Waals surface area contributed by atoms with Crippen molar-refractivity contribution in [2.45, 2.75) is 19.3 Å². The molecular formula is C15H16FNO3. The van der Waals surface area contributed by atoms with E-state index in [1.807, 2.05) is 0 Å². The van der Waals surface area contributed by atoms with E-state index in [2.05, 4.69) is 5.32 Å². The van der Waals surface area contributed by atoms with E-state index in [0.717, 1.165) is 19.3 Å². The molecule has 1 amide bonds. The highest BCUT2D eigenvalue weighted by atomic mass is 19.1. The molecule has 4 atom stereocenters. The molecule has 0 radical (unpaired) electrons. The van der Waals surface area contributed by atoms with Crippen molar-refractivity contribution >= 4 is 17.6 Å². The zero-order valence-corrected chi connectivity index (χ0v) is 10.9. The van der Waals surface area contributed by atoms with Crippen LogP contribution in [0.15, 0.2) is 24.3 Å². The van der Waals surface area contributed by atoms with Crippen molar-refractivity contribution in [1.29, 1.82) is 0 Å². The Morgan fingerprint density at radius 2 is 1.90 bits per heavy atom. The quantitative estimate of drug-likeness (QED) is 0.892. The molecule has 2 aliphatic carbocycles. The molecule has 3 rings (SSSR count). The van der Waals surface area contributed by atoms with E-state index in [9.17, 15) is 19.1 Å². The molecule has 2 aliphatic rings. The van der Waals surface area contributed by atoms with Crippen molar-refractivity contribution in [2.75, 3.05) is 5.32 Å². The predicted octanol–water partition coefficient (Wildman–Crippen LogP) is 2.51. The topological polar surface area (TPSA) is 66.4 Å². The molecule has 2 saturated carbocycles. The number of fused-ring (bicyclic) bond motifs is 2. The summed E-state index contributed by atoms with van der Waals surface area (Å²) in [7, 11) is 0. The van der Waals surface area contributed by atoms with Crippen molar-refractivity contribution in [1.82, 2.24) is 0 Å². The van der Waals surface area contributed by atoms with Crippen LogP contribution in [0.25, 0.3) is 0 Å². The van der Waals surface area contributed by atoms with Gasteiger partial charge in [-0.25, -0.2) is 4.39 Å². The maximum absolute atomic E-state index is 13.1. The zero-order valence-electron chi connectivity index (χ0n) is 10.9. The number of carbonyl (C=O) groups excluding carboxylic acids is 1. The number of benzene rings is 1. The number of carbonyl (C=O) groups is 2. The van der Waals surface area contributed by atoms with E-state index in [0.29, 0.717) is 5.69 Å². The van der Waals surface area contributed by atoms with Gasteiger partial charge in [0.2, 0.25) is 5.91 Å². The molecule has 106 valence electrons. The van der Waals surface area contributed by atoms with Gasteiger partial charge in [0, 0.05) is 5.69 Å². The summed E-state index contributed by atoms with van der Waals surface area (Å²) in [4.78, 5) is 23.7. The molecule has 0 spiro atoms. The minimum absolute atomic E-state index is 0.112. The molecule has 0 aromatic heterocycles. The lowest BCUT2D eigenvalue weighted by molar-refractivity contribution is -0.148. The van der Waals surface area contributed by atoms with Crippen LogP contribution in [0, 0.1) is 29.5 Å². The number of carboxylic acid groups (broad SMARTS) is 1. The number of nitrogens with one attached hydrogen (secondary N) is 1. The molecule has 20 heavy (non-hydrogen) atoms. The highest BCUT2D eigenvalue weighted by Crippen LogP contribution is 2.52. The highest BCUT2D eigenvalue weighted by Gasteiger charge is 2.53. The van der Waals surface area contributed by atoms with Gasteiger partial charge in [-0.3, -0.25) is 9.59 Å². The summed E-state index contributed by atoms with van der Waals surface area (Å²) in [5.74, 6) is -2.44. The summed E-state index contributed by atoms with van der Waals surface area (Å²) < 4.78 is 13.1. The molecule has 0 aliphatic heterocycles. The minimum Gasteiger partial charge on any atom is -0.481 e. The van der Waals surface area contributed by atoms with Crippen molar-refractivity contribution in [3.05, 3.63) is 30.1 Å². The van der Waals surface area contributed by atoms with Crippen molar-refractivity contribution in [3.8, 4) is 0 Å². The van der Waals surface area contributed by atoms with Crippen LogP contribution in [0.4, 0.5) is 10.1 Å². The standard InChI is InChI=1S/C15H16FNO3/c16-10-2-1-3-11(7-10)17-14(18)12-8-4-5-9(6-8)13(12)15(19)20/h1-3,7-9,12-13H,4-6H2,(H,17,18)(H,19,20)/t8-,9+,12+,13+/m1/s1. The van der Waals surface area contributed by atoms with Crippen LogP contribution in [0.2, 0.25) is 0 Å². The number of rotatable bonds is 3. The molecule has 5 heteroatoms. The fourth-order valence-electron chi connectivity index (χ4n) is 3.82. The van der Waals surface area contributed by atoms with Gasteiger partial charge in [0.15, 0.2) is 0 Å². The summed E-state index contributed by atoms with van der Waals surface area (Å²) in [5, 5.41) is 12.0. The number of hydrogen-bond acceptors (Lipinski definition) is 2. The third kappa shape index (κ3) is 2.17. The Morgan fingerprint density at radius 1 is 1.20 bits per heavy atom. The van der Waals surface area contributed by atoms with E-state index in [-0.39, 0.29) is 17.7 Å². The maximum atomic E-state index is 13.1. The van der Waals surface area contributed by atoms with Gasteiger partial charge >= 0.3 is 5.97 Å². The summed E-state index contributed by atoms with van der Waals surface area (Å²) in [6, 6.07) is 5.65. The Hall–Kier alpha value is -1.91.